The average molecular weight is 625 g/mol. The lowest BCUT2D eigenvalue weighted by Crippen LogP contribution is -2.57. The van der Waals surface area contributed by atoms with E-state index in [1.807, 2.05) is 36.1 Å². The molecule has 3 fully saturated rings. The number of carbonyl (C=O) groups excluding carboxylic acids is 5. The van der Waals surface area contributed by atoms with Gasteiger partial charge in [-0.1, -0.05) is 55.5 Å². The van der Waals surface area contributed by atoms with Gasteiger partial charge in [0.15, 0.2) is 0 Å². The molecule has 6 atom stereocenters. The molecule has 3 aliphatic rings. The molecule has 1 aliphatic carbocycles. The number of fused-ring (bicyclic) bond motifs is 1. The number of nitrogens with one attached hydrogen (secondary N) is 2. The van der Waals surface area contributed by atoms with Crippen LogP contribution in [0.3, 0.4) is 0 Å². The summed E-state index contributed by atoms with van der Waals surface area (Å²) in [5.74, 6) is -1.42. The molecule has 2 heterocycles. The Morgan fingerprint density at radius 1 is 0.911 bits per heavy atom. The van der Waals surface area contributed by atoms with Crippen LogP contribution >= 0.6 is 0 Å². The van der Waals surface area contributed by atoms with Crippen LogP contribution in [-0.2, 0) is 30.4 Å². The third-order valence-electron chi connectivity index (χ3n) is 9.82. The maximum Gasteiger partial charge on any atom is 0.246 e. The highest BCUT2D eigenvalue weighted by molar-refractivity contribution is 5.96. The molecule has 1 saturated carbocycles. The van der Waals surface area contributed by atoms with Crippen LogP contribution in [0.15, 0.2) is 24.3 Å². The van der Waals surface area contributed by atoms with Crippen LogP contribution in [0.1, 0.15) is 95.1 Å². The number of likely N-dealkylation sites (tertiary alicyclic amines) is 2. The quantitative estimate of drug-likeness (QED) is 0.231. The van der Waals surface area contributed by atoms with E-state index in [0.717, 1.165) is 62.5 Å². The lowest BCUT2D eigenvalue weighted by Gasteiger charge is -2.35. The number of rotatable bonds is 14. The van der Waals surface area contributed by atoms with Crippen LogP contribution in [0, 0.1) is 12.8 Å². The molecule has 11 heteroatoms. The number of nitrogens with zero attached hydrogens (tertiary/aromatic N) is 2. The van der Waals surface area contributed by atoms with Crippen molar-refractivity contribution in [1.82, 2.24) is 20.4 Å². The van der Waals surface area contributed by atoms with Gasteiger partial charge in [0.05, 0.1) is 0 Å². The fourth-order valence-corrected chi connectivity index (χ4v) is 7.29. The highest BCUT2D eigenvalue weighted by Gasteiger charge is 2.50. The first-order valence-corrected chi connectivity index (χ1v) is 16.9. The number of hydrogen-bond acceptors (Lipinski definition) is 6. The zero-order valence-corrected chi connectivity index (χ0v) is 27.0. The van der Waals surface area contributed by atoms with E-state index in [9.17, 15) is 24.0 Å². The molecule has 0 aromatic heterocycles. The first kappa shape index (κ1) is 34.4. The highest BCUT2D eigenvalue weighted by Crippen LogP contribution is 2.41. The maximum absolute atomic E-state index is 14.1. The zero-order valence-electron chi connectivity index (χ0n) is 27.0. The van der Waals surface area contributed by atoms with Gasteiger partial charge in [0.2, 0.25) is 29.5 Å². The van der Waals surface area contributed by atoms with Crippen molar-refractivity contribution in [1.29, 1.82) is 0 Å². The van der Waals surface area contributed by atoms with E-state index < -0.39 is 41.9 Å². The number of benzene rings is 1. The molecule has 248 valence electrons. The molecule has 11 nitrogen and oxygen atoms in total. The first-order chi connectivity index (χ1) is 21.6. The van der Waals surface area contributed by atoms with Gasteiger partial charge in [-0.05, 0) is 76.8 Å². The maximum atomic E-state index is 14.1. The lowest BCUT2D eigenvalue weighted by atomic mass is 9.84. The second-order valence-electron chi connectivity index (χ2n) is 13.2. The SMILES string of the molecule is Cc1ccc(C[C@H](NC(=O)[C@@H](C)NC(=O)[C@@H]2CCCN2C(=O)[C@@H]2C[C@@H]3CCCC[C@@H]3N2C(=O)CCCCCCN)C(N)=O)cc1. The van der Waals surface area contributed by atoms with Gasteiger partial charge in [0.25, 0.3) is 0 Å². The Balaban J connectivity index is 1.37. The summed E-state index contributed by atoms with van der Waals surface area (Å²) in [5.41, 5.74) is 13.1. The van der Waals surface area contributed by atoms with E-state index >= 15 is 0 Å². The molecule has 45 heavy (non-hydrogen) atoms. The number of nitrogens with two attached hydrogens (primary N) is 2. The topological polar surface area (TPSA) is 168 Å². The molecule has 1 aromatic carbocycles. The Bertz CT molecular complexity index is 1210. The van der Waals surface area contributed by atoms with Crippen LogP contribution in [0.25, 0.3) is 0 Å². The van der Waals surface area contributed by atoms with E-state index in [4.69, 9.17) is 11.5 Å². The third-order valence-corrected chi connectivity index (χ3v) is 9.82. The second kappa shape index (κ2) is 16.2. The lowest BCUT2D eigenvalue weighted by molar-refractivity contribution is -0.148. The minimum atomic E-state index is -0.943. The molecule has 5 amide bonds. The van der Waals surface area contributed by atoms with E-state index in [1.54, 1.807) is 11.8 Å². The third kappa shape index (κ3) is 8.83. The summed E-state index contributed by atoms with van der Waals surface area (Å²) in [5, 5.41) is 5.42. The predicted molar refractivity (Wildman–Crippen MR) is 171 cm³/mol. The summed E-state index contributed by atoms with van der Waals surface area (Å²) in [6.07, 6.45) is 10.2. The van der Waals surface area contributed by atoms with Gasteiger partial charge < -0.3 is 31.9 Å². The van der Waals surface area contributed by atoms with Gasteiger partial charge in [-0.2, -0.15) is 0 Å². The van der Waals surface area contributed by atoms with Crippen LogP contribution in [0.4, 0.5) is 0 Å². The van der Waals surface area contributed by atoms with Crippen molar-refractivity contribution in [3.63, 3.8) is 0 Å². The molecule has 0 unspecified atom stereocenters. The van der Waals surface area contributed by atoms with Gasteiger partial charge >= 0.3 is 0 Å². The van der Waals surface area contributed by atoms with Crippen LogP contribution in [0.2, 0.25) is 0 Å². The van der Waals surface area contributed by atoms with E-state index in [-0.39, 0.29) is 24.3 Å². The number of carbonyl (C=O) groups is 5. The van der Waals surface area contributed by atoms with Gasteiger partial charge in [-0.15, -0.1) is 0 Å². The van der Waals surface area contributed by atoms with Gasteiger partial charge in [0, 0.05) is 25.4 Å². The van der Waals surface area contributed by atoms with Crippen LogP contribution in [0.5, 0.6) is 0 Å². The Kier molecular flexibility index (Phi) is 12.4. The molecule has 6 N–H and O–H groups in total. The summed E-state index contributed by atoms with van der Waals surface area (Å²) >= 11 is 0. The smallest absolute Gasteiger partial charge is 0.246 e. The zero-order chi connectivity index (χ0) is 32.5. The largest absolute Gasteiger partial charge is 0.368 e. The summed E-state index contributed by atoms with van der Waals surface area (Å²) < 4.78 is 0. The monoisotopic (exact) mass is 624 g/mol. The van der Waals surface area contributed by atoms with Crippen LogP contribution < -0.4 is 22.1 Å². The Labute approximate surface area is 267 Å². The van der Waals surface area contributed by atoms with Gasteiger partial charge in [-0.25, -0.2) is 0 Å². The molecule has 2 aliphatic heterocycles. The van der Waals surface area contributed by atoms with Gasteiger partial charge in [-0.3, -0.25) is 24.0 Å². The number of aryl methyl sites for hydroxylation is 1. The van der Waals surface area contributed by atoms with E-state index in [2.05, 4.69) is 10.6 Å². The molecule has 0 spiro atoms. The van der Waals surface area contributed by atoms with Crippen molar-refractivity contribution in [2.24, 2.45) is 17.4 Å². The molecule has 4 rings (SSSR count). The highest BCUT2D eigenvalue weighted by atomic mass is 16.2. The number of primary amides is 1. The summed E-state index contributed by atoms with van der Waals surface area (Å²) in [7, 11) is 0. The Morgan fingerprint density at radius 3 is 2.33 bits per heavy atom. The van der Waals surface area contributed by atoms with Crippen molar-refractivity contribution in [2.75, 3.05) is 13.1 Å². The van der Waals surface area contributed by atoms with Crippen molar-refractivity contribution in [3.8, 4) is 0 Å². The van der Waals surface area contributed by atoms with Crippen molar-refractivity contribution in [2.45, 2.75) is 128 Å². The van der Waals surface area contributed by atoms with Crippen molar-refractivity contribution >= 4 is 29.5 Å². The summed E-state index contributed by atoms with van der Waals surface area (Å²) in [4.78, 5) is 69.7. The minimum Gasteiger partial charge on any atom is -0.368 e. The molecular weight excluding hydrogens is 572 g/mol. The molecule has 0 radical (unpaired) electrons. The molecule has 0 bridgehead atoms. The van der Waals surface area contributed by atoms with Crippen LogP contribution in [-0.4, -0.2) is 82.6 Å². The molecular formula is C34H52N6O5. The van der Waals surface area contributed by atoms with E-state index in [0.29, 0.717) is 44.7 Å². The Morgan fingerprint density at radius 2 is 1.62 bits per heavy atom. The number of amides is 5. The fourth-order valence-electron chi connectivity index (χ4n) is 7.29. The standard InChI is InChI=1S/C34H52N6O5/c1-22-14-16-24(17-15-22)20-26(31(36)42)38-32(43)23(2)37-33(44)28-12-9-19-39(28)34(45)29-21-25-10-6-7-11-27(25)40(29)30(41)13-5-3-4-8-18-35/h14-17,23,25-29H,3-13,18-21,35H2,1-2H3,(H2,36,42)(H,37,44)(H,38,43)/t23-,25+,26+,27+,28+,29+/m1/s1. The average Bonchev–Trinajstić information content (AvgIpc) is 3.67. The second-order valence-corrected chi connectivity index (χ2v) is 13.2. The van der Waals surface area contributed by atoms with Crippen molar-refractivity contribution < 1.29 is 24.0 Å². The first-order valence-electron chi connectivity index (χ1n) is 16.9. The normalized spacial score (nSPS) is 24.1. The molecule has 1 aromatic rings. The predicted octanol–water partition coefficient (Wildman–Crippen LogP) is 2.07. The number of unbranched alkanes of at least 4 members (excludes halogenated alkanes) is 3. The minimum absolute atomic E-state index is 0.0376. The number of hydrogen-bond donors (Lipinski definition) is 4. The van der Waals surface area contributed by atoms with Gasteiger partial charge in [0.1, 0.15) is 24.2 Å². The van der Waals surface area contributed by atoms with Crippen molar-refractivity contribution in [3.05, 3.63) is 35.4 Å². The van der Waals surface area contributed by atoms with E-state index in [1.165, 1.54) is 0 Å². The summed E-state index contributed by atoms with van der Waals surface area (Å²) in [6.45, 7) is 4.60. The Hall–Kier alpha value is -3.47. The fraction of sp³-hybridized carbons (Fsp3) is 0.676. The molecule has 2 saturated heterocycles. The summed E-state index contributed by atoms with van der Waals surface area (Å²) in [6, 6.07) is 4.54.